The van der Waals surface area contributed by atoms with Gasteiger partial charge in [0.1, 0.15) is 48.1 Å². The van der Waals surface area contributed by atoms with Gasteiger partial charge in [0, 0.05) is 34.5 Å². The number of para-hydroxylation sites is 2. The smallest absolute Gasteiger partial charge is 0.255 e. The summed E-state index contributed by atoms with van der Waals surface area (Å²) < 4.78 is 71.3. The van der Waals surface area contributed by atoms with Gasteiger partial charge in [0.25, 0.3) is 5.91 Å². The molecular formula is C36H30F2N6O6S. The fourth-order valence-corrected chi connectivity index (χ4v) is 5.88. The predicted molar refractivity (Wildman–Crippen MR) is 189 cm³/mol. The molecule has 0 saturated heterocycles. The number of nitrogens with zero attached hydrogens (tertiary/aromatic N) is 4. The molecule has 0 aliphatic rings. The summed E-state index contributed by atoms with van der Waals surface area (Å²) >= 11 is 0. The first-order chi connectivity index (χ1) is 24.6. The number of thiol groups is 1. The number of benzene rings is 4. The Morgan fingerprint density at radius 1 is 0.882 bits per heavy atom. The van der Waals surface area contributed by atoms with E-state index in [0.717, 1.165) is 12.1 Å². The molecule has 6 rings (SSSR count). The van der Waals surface area contributed by atoms with Crippen molar-refractivity contribution in [2.75, 3.05) is 35.7 Å². The summed E-state index contributed by atoms with van der Waals surface area (Å²) in [5.74, 6) is -1.48. The molecule has 0 fully saturated rings. The molecule has 0 unspecified atom stereocenters. The van der Waals surface area contributed by atoms with E-state index in [1.54, 1.807) is 67.6 Å². The molecule has 0 atom stereocenters. The maximum atomic E-state index is 14.8. The molecule has 0 spiro atoms. The number of carbonyl (C=O) groups excluding carboxylic acids is 1. The quantitative estimate of drug-likeness (QED) is 0.0753. The highest BCUT2D eigenvalue weighted by molar-refractivity contribution is 7.74. The summed E-state index contributed by atoms with van der Waals surface area (Å²) in [5.41, 5.74) is 8.97. The van der Waals surface area contributed by atoms with E-state index < -0.39 is 28.2 Å². The number of pyridine rings is 1. The van der Waals surface area contributed by atoms with Crippen molar-refractivity contribution in [2.24, 2.45) is 0 Å². The van der Waals surface area contributed by atoms with Crippen molar-refractivity contribution in [3.63, 3.8) is 0 Å². The number of aromatic nitrogens is 3. The number of hydrogen-bond donors (Lipinski definition) is 3. The second-order valence-corrected chi connectivity index (χ2v) is 11.9. The van der Waals surface area contributed by atoms with Crippen molar-refractivity contribution in [3.8, 4) is 28.5 Å². The van der Waals surface area contributed by atoms with Crippen molar-refractivity contribution in [2.45, 2.75) is 6.92 Å². The average molecular weight is 713 g/mol. The van der Waals surface area contributed by atoms with E-state index >= 15 is 0 Å². The number of halogens is 2. The van der Waals surface area contributed by atoms with Gasteiger partial charge in [-0.1, -0.05) is 12.1 Å². The van der Waals surface area contributed by atoms with Gasteiger partial charge in [0.15, 0.2) is 5.82 Å². The maximum Gasteiger partial charge on any atom is 0.255 e. The number of carbonyl (C=O) groups is 1. The van der Waals surface area contributed by atoms with Crippen LogP contribution in [0.15, 0.2) is 97.5 Å². The Kier molecular flexibility index (Phi) is 10.2. The molecule has 2 aromatic heterocycles. The van der Waals surface area contributed by atoms with Crippen LogP contribution in [0.5, 0.6) is 17.4 Å². The largest absolute Gasteiger partial charge is 0.490 e. The minimum Gasteiger partial charge on any atom is -0.490 e. The summed E-state index contributed by atoms with van der Waals surface area (Å²) in [6.07, 6.45) is 2.88. The topological polar surface area (TPSA) is 159 Å². The highest BCUT2D eigenvalue weighted by atomic mass is 32.2. The van der Waals surface area contributed by atoms with Crippen LogP contribution in [0.3, 0.4) is 0 Å². The third-order valence-corrected chi connectivity index (χ3v) is 8.48. The lowest BCUT2D eigenvalue weighted by Gasteiger charge is -2.21. The first-order valence-corrected chi connectivity index (χ1v) is 16.5. The molecule has 260 valence electrons. The van der Waals surface area contributed by atoms with E-state index in [0.29, 0.717) is 66.5 Å². The minimum atomic E-state index is -3.46. The number of nitrogens with one attached hydrogen (secondary N) is 1. The standard InChI is InChI=1S/C36H30F2N6O6S/c1-21-27-15-23(24-16-32(36(48-2)40-19-24)44(51(46)47)31-12-9-25(37)18-28(31)38)17-33(34(27)42-20-41-21)50-14-13-49-26-10-7-22(8-11-26)35(45)43-30-6-4-3-5-29(30)39/h3-12,15-20,51H,13-14,39H2,1-2H3,(H,43,45). The van der Waals surface area contributed by atoms with Gasteiger partial charge in [0.2, 0.25) is 16.8 Å². The van der Waals surface area contributed by atoms with Crippen molar-refractivity contribution in [3.05, 3.63) is 120 Å². The lowest BCUT2D eigenvalue weighted by atomic mass is 10.0. The molecule has 0 radical (unpaired) electrons. The number of aryl methyl sites for hydroxylation is 1. The Balaban J connectivity index is 1.22. The Labute approximate surface area is 292 Å². The summed E-state index contributed by atoms with van der Waals surface area (Å²) in [4.78, 5) is 25.6. The van der Waals surface area contributed by atoms with Crippen LogP contribution in [-0.2, 0) is 10.9 Å². The highest BCUT2D eigenvalue weighted by Gasteiger charge is 2.23. The van der Waals surface area contributed by atoms with Crippen molar-refractivity contribution < 1.29 is 36.2 Å². The fraction of sp³-hybridized carbons (Fsp3) is 0.111. The number of amides is 1. The van der Waals surface area contributed by atoms with Gasteiger partial charge in [0.05, 0.1) is 24.2 Å². The zero-order valence-corrected chi connectivity index (χ0v) is 28.1. The van der Waals surface area contributed by atoms with Crippen molar-refractivity contribution in [1.82, 2.24) is 15.0 Å². The van der Waals surface area contributed by atoms with Crippen LogP contribution in [-0.4, -0.2) is 49.6 Å². The third kappa shape index (κ3) is 7.63. The first-order valence-electron chi connectivity index (χ1n) is 15.3. The summed E-state index contributed by atoms with van der Waals surface area (Å²) in [5, 5.41) is 3.44. The van der Waals surface area contributed by atoms with Crippen LogP contribution in [0.4, 0.5) is 31.5 Å². The Morgan fingerprint density at radius 3 is 2.37 bits per heavy atom. The monoisotopic (exact) mass is 712 g/mol. The summed E-state index contributed by atoms with van der Waals surface area (Å²) in [6.45, 7) is 2.06. The molecule has 0 aliphatic carbocycles. The Hall–Kier alpha value is -6.35. The number of anilines is 4. The van der Waals surface area contributed by atoms with E-state index in [1.165, 1.54) is 25.7 Å². The zero-order chi connectivity index (χ0) is 36.1. The molecule has 0 saturated carbocycles. The molecule has 12 nitrogen and oxygen atoms in total. The SMILES string of the molecule is COc1ncc(-c2cc(OCCOc3ccc(C(=O)Nc4ccccc4N)cc3)c3ncnc(C)c3c2)cc1N(c1ccc(F)cc1F)[SH](=O)=O. The van der Waals surface area contributed by atoms with Gasteiger partial charge in [-0.2, -0.15) is 0 Å². The van der Waals surface area contributed by atoms with Crippen LogP contribution in [0, 0.1) is 18.6 Å². The minimum absolute atomic E-state index is 0.0960. The van der Waals surface area contributed by atoms with Crippen LogP contribution in [0.1, 0.15) is 16.1 Å². The molecule has 2 heterocycles. The highest BCUT2D eigenvalue weighted by Crippen LogP contribution is 2.39. The van der Waals surface area contributed by atoms with E-state index in [-0.39, 0.29) is 30.7 Å². The van der Waals surface area contributed by atoms with E-state index in [9.17, 15) is 22.0 Å². The van der Waals surface area contributed by atoms with Gasteiger partial charge in [-0.3, -0.25) is 4.79 Å². The second kappa shape index (κ2) is 15.0. The number of fused-ring (bicyclic) bond motifs is 1. The normalized spacial score (nSPS) is 11.0. The van der Waals surface area contributed by atoms with Crippen LogP contribution >= 0.6 is 0 Å². The Morgan fingerprint density at radius 2 is 1.65 bits per heavy atom. The number of methoxy groups -OCH3 is 1. The van der Waals surface area contributed by atoms with E-state index in [2.05, 4.69) is 20.3 Å². The average Bonchev–Trinajstić information content (AvgIpc) is 3.12. The predicted octanol–water partition coefficient (Wildman–Crippen LogP) is 6.24. The number of nitrogens with two attached hydrogens (primary N) is 1. The van der Waals surface area contributed by atoms with Crippen molar-refractivity contribution in [1.29, 1.82) is 0 Å². The molecule has 4 aromatic carbocycles. The number of rotatable bonds is 12. The Bertz CT molecular complexity index is 2320. The van der Waals surface area contributed by atoms with Gasteiger partial charge < -0.3 is 25.3 Å². The molecule has 15 heteroatoms. The van der Waals surface area contributed by atoms with Crippen LogP contribution in [0.2, 0.25) is 0 Å². The second-order valence-electron chi connectivity index (χ2n) is 11.0. The lowest BCUT2D eigenvalue weighted by Crippen LogP contribution is -2.17. The maximum absolute atomic E-state index is 14.8. The summed E-state index contributed by atoms with van der Waals surface area (Å²) in [6, 6.07) is 21.1. The molecule has 1 amide bonds. The summed E-state index contributed by atoms with van der Waals surface area (Å²) in [7, 11) is -2.17. The lowest BCUT2D eigenvalue weighted by molar-refractivity contribution is 0.102. The van der Waals surface area contributed by atoms with Gasteiger partial charge >= 0.3 is 0 Å². The number of hydrogen-bond acceptors (Lipinski definition) is 10. The van der Waals surface area contributed by atoms with E-state index in [1.807, 2.05) is 0 Å². The molecule has 51 heavy (non-hydrogen) atoms. The van der Waals surface area contributed by atoms with Crippen LogP contribution < -0.4 is 29.6 Å². The fourth-order valence-electron chi connectivity index (χ4n) is 5.22. The molecule has 6 aromatic rings. The zero-order valence-electron chi connectivity index (χ0n) is 27.2. The molecular weight excluding hydrogens is 682 g/mol. The number of ether oxygens (including phenoxy) is 3. The van der Waals surface area contributed by atoms with Crippen molar-refractivity contribution >= 4 is 50.4 Å². The van der Waals surface area contributed by atoms with Gasteiger partial charge in [-0.15, -0.1) is 0 Å². The van der Waals surface area contributed by atoms with Crippen LogP contribution in [0.25, 0.3) is 22.0 Å². The first kappa shape index (κ1) is 34.5. The third-order valence-electron chi connectivity index (χ3n) is 7.73. The number of nitrogen functional groups attached to an aromatic ring is 1. The van der Waals surface area contributed by atoms with E-state index in [4.69, 9.17) is 19.9 Å². The molecule has 0 aliphatic heterocycles. The van der Waals surface area contributed by atoms with Gasteiger partial charge in [-0.05, 0) is 79.2 Å². The van der Waals surface area contributed by atoms with Gasteiger partial charge in [-0.25, -0.2) is 36.5 Å². The molecule has 3 N–H and O–H groups in total. The molecule has 0 bridgehead atoms.